The molecular formula is C10H17NO3. The summed E-state index contributed by atoms with van der Waals surface area (Å²) in [5.74, 6) is -1.22. The Morgan fingerprint density at radius 1 is 1.43 bits per heavy atom. The molecule has 0 radical (unpaired) electrons. The molecule has 2 N–H and O–H groups in total. The Kier molecular flexibility index (Phi) is 3.92. The maximum Gasteiger partial charge on any atom is 0.308 e. The van der Waals surface area contributed by atoms with Crippen LogP contribution in [0.3, 0.4) is 0 Å². The molecule has 1 aliphatic carbocycles. The second-order valence-electron chi connectivity index (χ2n) is 3.97. The molecule has 4 nitrogen and oxygen atoms in total. The van der Waals surface area contributed by atoms with E-state index in [1.165, 1.54) is 0 Å². The summed E-state index contributed by atoms with van der Waals surface area (Å²) in [6, 6.07) is 0. The van der Waals surface area contributed by atoms with Crippen molar-refractivity contribution < 1.29 is 14.7 Å². The zero-order valence-corrected chi connectivity index (χ0v) is 8.45. The van der Waals surface area contributed by atoms with Gasteiger partial charge < -0.3 is 10.4 Å². The first-order chi connectivity index (χ1) is 6.61. The van der Waals surface area contributed by atoms with Gasteiger partial charge in [0.2, 0.25) is 5.91 Å². The summed E-state index contributed by atoms with van der Waals surface area (Å²) in [6.07, 6.45) is 4.14. The molecule has 0 aromatic rings. The summed E-state index contributed by atoms with van der Waals surface area (Å²) in [5.41, 5.74) is 0. The standard InChI is InChI=1S/C10H17NO3/c1-7(10(13)14)6-11-9(12)8-4-2-3-5-8/h7-8H,2-6H2,1H3,(H,11,12)(H,13,14)/t7-/m0/s1. The van der Waals surface area contributed by atoms with E-state index in [0.29, 0.717) is 0 Å². The molecule has 0 unspecified atom stereocenters. The molecule has 1 aliphatic rings. The quantitative estimate of drug-likeness (QED) is 0.710. The summed E-state index contributed by atoms with van der Waals surface area (Å²) >= 11 is 0. The highest BCUT2D eigenvalue weighted by atomic mass is 16.4. The van der Waals surface area contributed by atoms with E-state index in [1.54, 1.807) is 6.92 Å². The number of amides is 1. The van der Waals surface area contributed by atoms with Crippen molar-refractivity contribution in [1.82, 2.24) is 5.32 Å². The number of rotatable bonds is 4. The summed E-state index contributed by atoms with van der Waals surface area (Å²) in [5, 5.41) is 11.3. The highest BCUT2D eigenvalue weighted by Crippen LogP contribution is 2.24. The Bertz CT molecular complexity index is 221. The van der Waals surface area contributed by atoms with Crippen molar-refractivity contribution in [2.75, 3.05) is 6.54 Å². The molecule has 1 amide bonds. The smallest absolute Gasteiger partial charge is 0.308 e. The molecule has 1 fully saturated rings. The van der Waals surface area contributed by atoms with Crippen LogP contribution >= 0.6 is 0 Å². The molecule has 1 saturated carbocycles. The summed E-state index contributed by atoms with van der Waals surface area (Å²) in [4.78, 5) is 22.0. The maximum absolute atomic E-state index is 11.5. The van der Waals surface area contributed by atoms with Gasteiger partial charge in [-0.25, -0.2) is 0 Å². The molecular weight excluding hydrogens is 182 g/mol. The summed E-state index contributed by atoms with van der Waals surface area (Å²) in [6.45, 7) is 1.84. The van der Waals surface area contributed by atoms with Crippen molar-refractivity contribution in [3.8, 4) is 0 Å². The molecule has 0 aromatic carbocycles. The molecule has 0 aromatic heterocycles. The van der Waals surface area contributed by atoms with Gasteiger partial charge in [0.05, 0.1) is 5.92 Å². The third-order valence-corrected chi connectivity index (χ3v) is 2.73. The van der Waals surface area contributed by atoms with Gasteiger partial charge in [-0.1, -0.05) is 19.8 Å². The fourth-order valence-electron chi connectivity index (χ4n) is 1.67. The first-order valence-electron chi connectivity index (χ1n) is 5.11. The topological polar surface area (TPSA) is 66.4 Å². The Morgan fingerprint density at radius 3 is 2.50 bits per heavy atom. The number of nitrogens with one attached hydrogen (secondary N) is 1. The maximum atomic E-state index is 11.5. The minimum atomic E-state index is -0.864. The van der Waals surface area contributed by atoms with E-state index >= 15 is 0 Å². The molecule has 4 heteroatoms. The molecule has 1 rings (SSSR count). The van der Waals surface area contributed by atoms with Crippen LogP contribution in [0.15, 0.2) is 0 Å². The van der Waals surface area contributed by atoms with Crippen LogP contribution in [-0.4, -0.2) is 23.5 Å². The van der Waals surface area contributed by atoms with E-state index in [-0.39, 0.29) is 18.4 Å². The van der Waals surface area contributed by atoms with Crippen molar-refractivity contribution in [2.45, 2.75) is 32.6 Å². The van der Waals surface area contributed by atoms with Crippen LogP contribution in [0.25, 0.3) is 0 Å². The molecule has 14 heavy (non-hydrogen) atoms. The highest BCUT2D eigenvalue weighted by molar-refractivity contribution is 5.79. The predicted octanol–water partition coefficient (Wildman–Crippen LogP) is 1.01. The van der Waals surface area contributed by atoms with Gasteiger partial charge in [0, 0.05) is 12.5 Å². The van der Waals surface area contributed by atoms with Crippen LogP contribution in [-0.2, 0) is 9.59 Å². The fraction of sp³-hybridized carbons (Fsp3) is 0.800. The Morgan fingerprint density at radius 2 is 2.00 bits per heavy atom. The number of hydrogen-bond donors (Lipinski definition) is 2. The van der Waals surface area contributed by atoms with E-state index in [4.69, 9.17) is 5.11 Å². The first kappa shape index (κ1) is 11.0. The van der Waals surface area contributed by atoms with Crippen LogP contribution in [0.4, 0.5) is 0 Å². The van der Waals surface area contributed by atoms with Gasteiger partial charge in [0.25, 0.3) is 0 Å². The summed E-state index contributed by atoms with van der Waals surface area (Å²) in [7, 11) is 0. The molecule has 0 aliphatic heterocycles. The van der Waals surface area contributed by atoms with Crippen molar-refractivity contribution in [2.24, 2.45) is 11.8 Å². The largest absolute Gasteiger partial charge is 0.481 e. The lowest BCUT2D eigenvalue weighted by molar-refractivity contribution is -0.141. The molecule has 80 valence electrons. The SMILES string of the molecule is C[C@@H](CNC(=O)C1CCCC1)C(=O)O. The fourth-order valence-corrected chi connectivity index (χ4v) is 1.67. The number of carboxylic acids is 1. The second-order valence-corrected chi connectivity index (χ2v) is 3.97. The van der Waals surface area contributed by atoms with Crippen molar-refractivity contribution in [3.05, 3.63) is 0 Å². The monoisotopic (exact) mass is 199 g/mol. The van der Waals surface area contributed by atoms with Gasteiger partial charge in [0.1, 0.15) is 0 Å². The lowest BCUT2D eigenvalue weighted by Crippen LogP contribution is -2.34. The average Bonchev–Trinajstić information content (AvgIpc) is 2.66. The summed E-state index contributed by atoms with van der Waals surface area (Å²) < 4.78 is 0. The predicted molar refractivity (Wildman–Crippen MR) is 51.8 cm³/mol. The van der Waals surface area contributed by atoms with E-state index in [1.807, 2.05) is 0 Å². The third-order valence-electron chi connectivity index (χ3n) is 2.73. The van der Waals surface area contributed by atoms with Crippen LogP contribution < -0.4 is 5.32 Å². The Hall–Kier alpha value is -1.06. The molecule has 0 saturated heterocycles. The Labute approximate surface area is 83.7 Å². The van der Waals surface area contributed by atoms with Gasteiger partial charge in [-0.05, 0) is 12.8 Å². The number of carbonyl (C=O) groups excluding carboxylic acids is 1. The lowest BCUT2D eigenvalue weighted by atomic mass is 10.1. The minimum absolute atomic E-state index is 0.0237. The van der Waals surface area contributed by atoms with Crippen LogP contribution in [0.1, 0.15) is 32.6 Å². The zero-order chi connectivity index (χ0) is 10.6. The van der Waals surface area contributed by atoms with E-state index in [2.05, 4.69) is 5.32 Å². The van der Waals surface area contributed by atoms with Crippen LogP contribution in [0.5, 0.6) is 0 Å². The lowest BCUT2D eigenvalue weighted by Gasteiger charge is -2.12. The second kappa shape index (κ2) is 4.98. The van der Waals surface area contributed by atoms with Gasteiger partial charge in [-0.15, -0.1) is 0 Å². The minimum Gasteiger partial charge on any atom is -0.481 e. The first-order valence-corrected chi connectivity index (χ1v) is 5.11. The van der Waals surface area contributed by atoms with Crippen molar-refractivity contribution in [3.63, 3.8) is 0 Å². The van der Waals surface area contributed by atoms with Gasteiger partial charge >= 0.3 is 5.97 Å². The zero-order valence-electron chi connectivity index (χ0n) is 8.45. The van der Waals surface area contributed by atoms with E-state index in [0.717, 1.165) is 25.7 Å². The normalized spacial score (nSPS) is 19.2. The number of carbonyl (C=O) groups is 2. The van der Waals surface area contributed by atoms with E-state index in [9.17, 15) is 9.59 Å². The van der Waals surface area contributed by atoms with Gasteiger partial charge in [0.15, 0.2) is 0 Å². The highest BCUT2D eigenvalue weighted by Gasteiger charge is 2.23. The van der Waals surface area contributed by atoms with Gasteiger partial charge in [-0.3, -0.25) is 9.59 Å². The van der Waals surface area contributed by atoms with Crippen molar-refractivity contribution >= 4 is 11.9 Å². The van der Waals surface area contributed by atoms with Gasteiger partial charge in [-0.2, -0.15) is 0 Å². The average molecular weight is 199 g/mol. The molecule has 0 spiro atoms. The number of carboxylic acid groups (broad SMARTS) is 1. The van der Waals surface area contributed by atoms with Crippen LogP contribution in [0, 0.1) is 11.8 Å². The molecule has 1 atom stereocenters. The Balaban J connectivity index is 2.23. The van der Waals surface area contributed by atoms with Crippen molar-refractivity contribution in [1.29, 1.82) is 0 Å². The van der Waals surface area contributed by atoms with E-state index < -0.39 is 11.9 Å². The third kappa shape index (κ3) is 3.01. The molecule has 0 heterocycles. The number of aliphatic carboxylic acids is 1. The van der Waals surface area contributed by atoms with Crippen LogP contribution in [0.2, 0.25) is 0 Å². The molecule has 0 bridgehead atoms. The number of hydrogen-bond acceptors (Lipinski definition) is 2.